The first kappa shape index (κ1) is 5.83. The van der Waals surface area contributed by atoms with E-state index < -0.39 is 0 Å². The van der Waals surface area contributed by atoms with Crippen molar-refractivity contribution in [2.24, 2.45) is 0 Å². The molecule has 56 valence electrons. The van der Waals surface area contributed by atoms with E-state index in [4.69, 9.17) is 11.5 Å². The molecule has 2 rings (SSSR count). The van der Waals surface area contributed by atoms with Gasteiger partial charge in [0.15, 0.2) is 5.65 Å². The number of nitrogen functional groups attached to an aromatic ring is 2. The second-order valence-electron chi connectivity index (χ2n) is 1.94. The van der Waals surface area contributed by atoms with Crippen LogP contribution in [0.25, 0.3) is 5.65 Å². The van der Waals surface area contributed by atoms with Gasteiger partial charge in [0, 0.05) is 0 Å². The van der Waals surface area contributed by atoms with Gasteiger partial charge in [-0.25, -0.2) is 4.98 Å². The molecule has 0 aliphatic carbocycles. The Kier molecular flexibility index (Phi) is 0.945. The molecule has 0 atom stereocenters. The molecule has 0 fully saturated rings. The van der Waals surface area contributed by atoms with E-state index in [1.807, 2.05) is 0 Å². The minimum atomic E-state index is 0.143. The van der Waals surface area contributed by atoms with Crippen LogP contribution in [0.3, 0.4) is 0 Å². The SMILES string of the molecule is Nc1ncc2nnc(N)n2n1. The van der Waals surface area contributed by atoms with E-state index in [0.717, 1.165) is 0 Å². The number of aromatic nitrogens is 5. The van der Waals surface area contributed by atoms with E-state index in [1.165, 1.54) is 10.7 Å². The number of hydrogen-bond acceptors (Lipinski definition) is 6. The zero-order valence-electron chi connectivity index (χ0n) is 5.47. The first-order valence-corrected chi connectivity index (χ1v) is 2.87. The zero-order chi connectivity index (χ0) is 7.84. The molecule has 0 saturated carbocycles. The van der Waals surface area contributed by atoms with Gasteiger partial charge in [-0.15, -0.1) is 15.3 Å². The van der Waals surface area contributed by atoms with Gasteiger partial charge in [0.2, 0.25) is 11.9 Å². The molecule has 2 aromatic heterocycles. The van der Waals surface area contributed by atoms with Crippen LogP contribution in [-0.4, -0.2) is 24.8 Å². The molecule has 0 aliphatic rings. The third-order valence-electron chi connectivity index (χ3n) is 1.20. The number of fused-ring (bicyclic) bond motifs is 1. The Morgan fingerprint density at radius 2 is 2.09 bits per heavy atom. The fourth-order valence-electron chi connectivity index (χ4n) is 0.740. The molecule has 0 radical (unpaired) electrons. The van der Waals surface area contributed by atoms with Crippen molar-refractivity contribution in [3.05, 3.63) is 6.20 Å². The summed E-state index contributed by atoms with van der Waals surface area (Å²) in [6, 6.07) is 0. The van der Waals surface area contributed by atoms with Crippen LogP contribution >= 0.6 is 0 Å². The quantitative estimate of drug-likeness (QED) is 0.483. The molecule has 0 saturated heterocycles. The maximum Gasteiger partial charge on any atom is 0.243 e. The molecule has 11 heavy (non-hydrogen) atoms. The average molecular weight is 151 g/mol. The van der Waals surface area contributed by atoms with E-state index in [0.29, 0.717) is 5.65 Å². The lowest BCUT2D eigenvalue weighted by molar-refractivity contribution is 0.917. The van der Waals surface area contributed by atoms with Gasteiger partial charge in [-0.05, 0) is 0 Å². The van der Waals surface area contributed by atoms with Crippen molar-refractivity contribution in [3.63, 3.8) is 0 Å². The molecule has 7 heteroatoms. The van der Waals surface area contributed by atoms with Gasteiger partial charge < -0.3 is 11.5 Å². The fourth-order valence-corrected chi connectivity index (χ4v) is 0.740. The number of rotatable bonds is 0. The first-order chi connectivity index (χ1) is 5.27. The van der Waals surface area contributed by atoms with Gasteiger partial charge in [-0.2, -0.15) is 4.52 Å². The van der Waals surface area contributed by atoms with Gasteiger partial charge in [0.1, 0.15) is 0 Å². The van der Waals surface area contributed by atoms with Crippen molar-refractivity contribution in [2.45, 2.75) is 0 Å². The maximum atomic E-state index is 5.39. The zero-order valence-corrected chi connectivity index (χ0v) is 5.47. The average Bonchev–Trinajstić information content (AvgIpc) is 2.33. The van der Waals surface area contributed by atoms with E-state index >= 15 is 0 Å². The Bertz CT molecular complexity index is 390. The minimum Gasteiger partial charge on any atom is -0.367 e. The van der Waals surface area contributed by atoms with Gasteiger partial charge in [0.25, 0.3) is 0 Å². The van der Waals surface area contributed by atoms with Gasteiger partial charge in [0.05, 0.1) is 6.20 Å². The summed E-state index contributed by atoms with van der Waals surface area (Å²) in [4.78, 5) is 3.71. The normalized spacial score (nSPS) is 10.5. The topological polar surface area (TPSA) is 108 Å². The molecule has 0 aromatic carbocycles. The second-order valence-corrected chi connectivity index (χ2v) is 1.94. The molecular weight excluding hydrogens is 146 g/mol. The summed E-state index contributed by atoms with van der Waals surface area (Å²) in [5.74, 6) is 0.345. The Balaban J connectivity index is 2.87. The van der Waals surface area contributed by atoms with E-state index in [-0.39, 0.29) is 11.9 Å². The first-order valence-electron chi connectivity index (χ1n) is 2.87. The van der Waals surface area contributed by atoms with E-state index in [1.54, 1.807) is 0 Å². The lowest BCUT2D eigenvalue weighted by Gasteiger charge is -1.92. The summed E-state index contributed by atoms with van der Waals surface area (Å²) in [6.45, 7) is 0. The number of nitrogens with zero attached hydrogens (tertiary/aromatic N) is 5. The summed E-state index contributed by atoms with van der Waals surface area (Å²) in [6.07, 6.45) is 1.45. The molecule has 0 aliphatic heterocycles. The summed E-state index contributed by atoms with van der Waals surface area (Å²) in [5, 5.41) is 11.0. The minimum absolute atomic E-state index is 0.143. The predicted octanol–water partition coefficient (Wildman–Crippen LogP) is -1.32. The van der Waals surface area contributed by atoms with E-state index in [2.05, 4.69) is 20.3 Å². The Hall–Kier alpha value is -1.92. The van der Waals surface area contributed by atoms with Crippen molar-refractivity contribution in [2.75, 3.05) is 11.5 Å². The van der Waals surface area contributed by atoms with Crippen molar-refractivity contribution in [1.82, 2.24) is 24.8 Å². The van der Waals surface area contributed by atoms with Crippen LogP contribution in [0.15, 0.2) is 6.20 Å². The third kappa shape index (κ3) is 0.741. The number of nitrogens with two attached hydrogens (primary N) is 2. The Morgan fingerprint density at radius 1 is 1.27 bits per heavy atom. The second kappa shape index (κ2) is 1.78. The highest BCUT2D eigenvalue weighted by atomic mass is 15.4. The maximum absolute atomic E-state index is 5.39. The monoisotopic (exact) mass is 151 g/mol. The summed E-state index contributed by atoms with van der Waals surface area (Å²) in [7, 11) is 0. The highest BCUT2D eigenvalue weighted by Gasteiger charge is 2.01. The van der Waals surface area contributed by atoms with Crippen molar-refractivity contribution in [3.8, 4) is 0 Å². The predicted molar refractivity (Wildman–Crippen MR) is 37.4 cm³/mol. The summed E-state index contributed by atoms with van der Waals surface area (Å²) < 4.78 is 1.32. The van der Waals surface area contributed by atoms with Crippen molar-refractivity contribution < 1.29 is 0 Å². The summed E-state index contributed by atoms with van der Waals surface area (Å²) >= 11 is 0. The molecule has 2 aromatic rings. The molecule has 4 N–H and O–H groups in total. The molecule has 7 nitrogen and oxygen atoms in total. The van der Waals surface area contributed by atoms with Crippen LogP contribution in [0, 0.1) is 0 Å². The molecule has 0 amide bonds. The molecule has 2 heterocycles. The highest BCUT2D eigenvalue weighted by molar-refractivity contribution is 5.40. The van der Waals surface area contributed by atoms with Gasteiger partial charge >= 0.3 is 0 Å². The fraction of sp³-hybridized carbons (Fsp3) is 0. The van der Waals surface area contributed by atoms with E-state index in [9.17, 15) is 0 Å². The van der Waals surface area contributed by atoms with Crippen LogP contribution < -0.4 is 11.5 Å². The molecular formula is C4H5N7. The standard InChI is InChI=1S/C4H5N7/c5-3-7-1-2-8-9-4(6)11(2)10-3/h1H,(H2,5,10)(H2,6,9). The summed E-state index contributed by atoms with van der Waals surface area (Å²) in [5.41, 5.74) is 11.2. The van der Waals surface area contributed by atoms with Crippen LogP contribution in [0.2, 0.25) is 0 Å². The number of hydrogen-bond donors (Lipinski definition) is 2. The lowest BCUT2D eigenvalue weighted by Crippen LogP contribution is -2.03. The van der Waals surface area contributed by atoms with Crippen LogP contribution in [0.1, 0.15) is 0 Å². The highest BCUT2D eigenvalue weighted by Crippen LogP contribution is 2.00. The molecule has 0 unspecified atom stereocenters. The largest absolute Gasteiger partial charge is 0.367 e. The molecule has 0 bridgehead atoms. The van der Waals surface area contributed by atoms with Crippen LogP contribution in [-0.2, 0) is 0 Å². The lowest BCUT2D eigenvalue weighted by atomic mass is 10.8. The van der Waals surface area contributed by atoms with Crippen LogP contribution in [0.5, 0.6) is 0 Å². The van der Waals surface area contributed by atoms with Crippen molar-refractivity contribution >= 4 is 17.5 Å². The van der Waals surface area contributed by atoms with Gasteiger partial charge in [-0.1, -0.05) is 0 Å². The number of anilines is 2. The molecule has 0 spiro atoms. The van der Waals surface area contributed by atoms with Crippen LogP contribution in [0.4, 0.5) is 11.9 Å². The Morgan fingerprint density at radius 3 is 2.91 bits per heavy atom. The smallest absolute Gasteiger partial charge is 0.243 e. The van der Waals surface area contributed by atoms with Crippen molar-refractivity contribution in [1.29, 1.82) is 0 Å². The Labute approximate surface area is 61.0 Å². The van der Waals surface area contributed by atoms with Gasteiger partial charge in [-0.3, -0.25) is 0 Å². The third-order valence-corrected chi connectivity index (χ3v) is 1.20.